The van der Waals surface area contributed by atoms with E-state index in [1.807, 2.05) is 52.1 Å². The van der Waals surface area contributed by atoms with Gasteiger partial charge in [0, 0.05) is 13.1 Å². The summed E-state index contributed by atoms with van der Waals surface area (Å²) in [4.78, 5) is 2.32. The van der Waals surface area contributed by atoms with Crippen molar-refractivity contribution in [1.29, 1.82) is 0 Å². The topological polar surface area (TPSA) is 58.6 Å². The van der Waals surface area contributed by atoms with Gasteiger partial charge >= 0.3 is 0 Å². The summed E-state index contributed by atoms with van der Waals surface area (Å²) in [5.74, 6) is 0.608. The van der Waals surface area contributed by atoms with Crippen LogP contribution < -0.4 is 14.4 Å². The zero-order chi connectivity index (χ0) is 17.5. The molecule has 0 saturated carbocycles. The lowest BCUT2D eigenvalue weighted by Crippen LogP contribution is -2.29. The van der Waals surface area contributed by atoms with E-state index in [1.165, 1.54) is 0 Å². The van der Waals surface area contributed by atoms with Gasteiger partial charge in [0.1, 0.15) is 12.4 Å². The van der Waals surface area contributed by atoms with Crippen molar-refractivity contribution in [3.05, 3.63) is 47.0 Å². The number of fused-ring (bicyclic) bond motifs is 1. The van der Waals surface area contributed by atoms with Crippen molar-refractivity contribution >= 4 is 21.4 Å². The number of hydrogen-bond donors (Lipinski definition) is 1. The summed E-state index contributed by atoms with van der Waals surface area (Å²) in [6.45, 7) is 6.93. The molecule has 0 amide bonds. The van der Waals surface area contributed by atoms with Crippen LogP contribution in [0.3, 0.4) is 0 Å². The molecule has 0 unspecified atom stereocenters. The molecule has 0 spiro atoms. The molecule has 128 valence electrons. The van der Waals surface area contributed by atoms with Crippen LogP contribution in [0.15, 0.2) is 35.2 Å². The van der Waals surface area contributed by atoms with E-state index < -0.39 is 10.0 Å². The Bertz CT molecular complexity index is 871. The summed E-state index contributed by atoms with van der Waals surface area (Å²) in [6, 6.07) is 9.19. The van der Waals surface area contributed by atoms with Crippen molar-refractivity contribution in [2.45, 2.75) is 25.7 Å². The minimum absolute atomic E-state index is 0.249. The quantitative estimate of drug-likeness (QED) is 0.927. The van der Waals surface area contributed by atoms with Gasteiger partial charge in [0.2, 0.25) is 0 Å². The molecule has 6 heteroatoms. The molecule has 0 aromatic heterocycles. The molecule has 5 nitrogen and oxygen atoms in total. The van der Waals surface area contributed by atoms with E-state index in [2.05, 4.69) is 9.62 Å². The number of para-hydroxylation sites is 1. The van der Waals surface area contributed by atoms with Crippen molar-refractivity contribution in [3.8, 4) is 5.75 Å². The maximum absolute atomic E-state index is 12.9. The summed E-state index contributed by atoms with van der Waals surface area (Å²) >= 11 is 0. The summed E-state index contributed by atoms with van der Waals surface area (Å²) in [5.41, 5.74) is 4.04. The third kappa shape index (κ3) is 2.94. The standard InChI is InChI=1S/C18H22N2O3S/c1-12-6-5-7-13(2)18(12)19-24(21,22)17-11-16-15(10-14(17)3)20(4)8-9-23-16/h5-7,10-11,19H,8-9H2,1-4H3. The molecular weight excluding hydrogens is 324 g/mol. The number of benzene rings is 2. The highest BCUT2D eigenvalue weighted by Gasteiger charge is 2.24. The summed E-state index contributed by atoms with van der Waals surface area (Å²) in [5, 5.41) is 0. The molecule has 1 N–H and O–H groups in total. The van der Waals surface area contributed by atoms with Crippen LogP contribution >= 0.6 is 0 Å². The number of sulfonamides is 1. The molecule has 0 aliphatic carbocycles. The summed E-state index contributed by atoms with van der Waals surface area (Å²) in [7, 11) is -1.71. The molecule has 0 fully saturated rings. The van der Waals surface area contributed by atoms with E-state index in [1.54, 1.807) is 6.07 Å². The predicted octanol–water partition coefficient (Wildman–Crippen LogP) is 3.24. The van der Waals surface area contributed by atoms with Gasteiger partial charge in [-0.25, -0.2) is 8.42 Å². The number of likely N-dealkylation sites (N-methyl/N-ethyl adjacent to an activating group) is 1. The predicted molar refractivity (Wildman–Crippen MR) is 96.7 cm³/mol. The molecule has 1 aliphatic rings. The molecule has 2 aromatic carbocycles. The highest BCUT2D eigenvalue weighted by Crippen LogP contribution is 2.36. The smallest absolute Gasteiger partial charge is 0.262 e. The third-order valence-corrected chi connectivity index (χ3v) is 5.85. The van der Waals surface area contributed by atoms with Gasteiger partial charge in [-0.2, -0.15) is 0 Å². The van der Waals surface area contributed by atoms with Gasteiger partial charge in [0.05, 0.1) is 22.8 Å². The molecule has 24 heavy (non-hydrogen) atoms. The van der Waals surface area contributed by atoms with Crippen LogP contribution in [-0.4, -0.2) is 28.6 Å². The first kappa shape index (κ1) is 16.6. The zero-order valence-corrected chi connectivity index (χ0v) is 15.2. The number of rotatable bonds is 3. The second kappa shape index (κ2) is 6.02. The molecule has 1 aliphatic heterocycles. The van der Waals surface area contributed by atoms with E-state index in [4.69, 9.17) is 4.74 Å². The van der Waals surface area contributed by atoms with Crippen molar-refractivity contribution in [1.82, 2.24) is 0 Å². The van der Waals surface area contributed by atoms with Crippen LogP contribution in [0.2, 0.25) is 0 Å². The summed E-state index contributed by atoms with van der Waals surface area (Å²) in [6.07, 6.45) is 0. The average molecular weight is 346 g/mol. The first-order valence-corrected chi connectivity index (χ1v) is 9.35. The lowest BCUT2D eigenvalue weighted by molar-refractivity contribution is 0.310. The lowest BCUT2D eigenvalue weighted by atomic mass is 10.1. The Labute approximate surface area is 143 Å². The molecule has 0 radical (unpaired) electrons. The van der Waals surface area contributed by atoms with Gasteiger partial charge < -0.3 is 9.64 Å². The SMILES string of the molecule is Cc1cc2c(cc1S(=O)(=O)Nc1c(C)cccc1C)OCCN2C. The molecule has 1 heterocycles. The van der Waals surface area contributed by atoms with Crippen LogP contribution in [0.25, 0.3) is 0 Å². The molecule has 3 rings (SSSR count). The first-order chi connectivity index (χ1) is 11.3. The largest absolute Gasteiger partial charge is 0.490 e. The van der Waals surface area contributed by atoms with Crippen molar-refractivity contribution < 1.29 is 13.2 Å². The maximum Gasteiger partial charge on any atom is 0.262 e. The van der Waals surface area contributed by atoms with Crippen molar-refractivity contribution in [2.75, 3.05) is 29.8 Å². The number of hydrogen-bond acceptors (Lipinski definition) is 4. The van der Waals surface area contributed by atoms with Gasteiger partial charge in [0.15, 0.2) is 0 Å². The van der Waals surface area contributed by atoms with Gasteiger partial charge in [-0.1, -0.05) is 18.2 Å². The molecule has 0 atom stereocenters. The third-order valence-electron chi connectivity index (χ3n) is 4.36. The van der Waals surface area contributed by atoms with E-state index in [0.717, 1.165) is 23.4 Å². The second-order valence-electron chi connectivity index (χ2n) is 6.23. The number of nitrogens with one attached hydrogen (secondary N) is 1. The number of anilines is 2. The number of nitrogens with zero attached hydrogens (tertiary/aromatic N) is 1. The molecule has 0 bridgehead atoms. The molecular formula is C18H22N2O3S. The average Bonchev–Trinajstić information content (AvgIpc) is 2.51. The number of aryl methyl sites for hydroxylation is 3. The summed E-state index contributed by atoms with van der Waals surface area (Å²) < 4.78 is 34.2. The monoisotopic (exact) mass is 346 g/mol. The van der Waals surface area contributed by atoms with E-state index in [0.29, 0.717) is 23.6 Å². The Kier molecular flexibility index (Phi) is 4.17. The van der Waals surface area contributed by atoms with Crippen molar-refractivity contribution in [2.24, 2.45) is 0 Å². The fourth-order valence-corrected chi connectivity index (χ4v) is 4.38. The first-order valence-electron chi connectivity index (χ1n) is 7.87. The lowest BCUT2D eigenvalue weighted by Gasteiger charge is -2.28. The van der Waals surface area contributed by atoms with E-state index in [-0.39, 0.29) is 4.90 Å². The zero-order valence-electron chi connectivity index (χ0n) is 14.4. The Hall–Kier alpha value is -2.21. The van der Waals surface area contributed by atoms with E-state index >= 15 is 0 Å². The molecule has 2 aromatic rings. The van der Waals surface area contributed by atoms with Crippen LogP contribution in [0.1, 0.15) is 16.7 Å². The van der Waals surface area contributed by atoms with Crippen LogP contribution in [0.5, 0.6) is 5.75 Å². The minimum atomic E-state index is -3.69. The Balaban J connectivity index is 2.04. The normalized spacial score (nSPS) is 14.1. The minimum Gasteiger partial charge on any atom is -0.490 e. The highest BCUT2D eigenvalue weighted by molar-refractivity contribution is 7.92. The van der Waals surface area contributed by atoms with Crippen LogP contribution in [0, 0.1) is 20.8 Å². The Morgan fingerprint density at radius 2 is 1.75 bits per heavy atom. The van der Waals surface area contributed by atoms with Crippen molar-refractivity contribution in [3.63, 3.8) is 0 Å². The second-order valence-corrected chi connectivity index (χ2v) is 7.88. The number of ether oxygens (including phenoxy) is 1. The van der Waals surface area contributed by atoms with Crippen LogP contribution in [0.4, 0.5) is 11.4 Å². The van der Waals surface area contributed by atoms with Gasteiger partial charge in [-0.05, 0) is 43.5 Å². The maximum atomic E-state index is 12.9. The fourth-order valence-electron chi connectivity index (χ4n) is 2.94. The van der Waals surface area contributed by atoms with Gasteiger partial charge in [-0.15, -0.1) is 0 Å². The highest BCUT2D eigenvalue weighted by atomic mass is 32.2. The fraction of sp³-hybridized carbons (Fsp3) is 0.333. The Morgan fingerprint density at radius 3 is 2.42 bits per heavy atom. The molecule has 0 saturated heterocycles. The van der Waals surface area contributed by atoms with Gasteiger partial charge in [0.25, 0.3) is 10.0 Å². The van der Waals surface area contributed by atoms with Gasteiger partial charge in [-0.3, -0.25) is 4.72 Å². The van der Waals surface area contributed by atoms with E-state index in [9.17, 15) is 8.42 Å². The van der Waals surface area contributed by atoms with Crippen LogP contribution in [-0.2, 0) is 10.0 Å². The Morgan fingerprint density at radius 1 is 1.08 bits per heavy atom.